The first kappa shape index (κ1) is 19.8. The maximum atomic E-state index is 12.3. The van der Waals surface area contributed by atoms with E-state index in [-0.39, 0.29) is 5.56 Å². The molecular formula is C25H23N5O2. The molecule has 0 saturated carbocycles. The largest absolute Gasteiger partial charge is 0.454 e. The fraction of sp³-hybridized carbons (Fsp3) is 0.160. The van der Waals surface area contributed by atoms with Crippen molar-refractivity contribution in [1.29, 1.82) is 0 Å². The van der Waals surface area contributed by atoms with Crippen LogP contribution in [-0.2, 0) is 14.1 Å². The van der Waals surface area contributed by atoms with Crippen molar-refractivity contribution in [2.45, 2.75) is 13.8 Å². The van der Waals surface area contributed by atoms with Gasteiger partial charge in [0.05, 0.1) is 11.2 Å². The molecule has 7 heteroatoms. The molecule has 0 unspecified atom stereocenters. The number of nitrogens with one attached hydrogen (secondary N) is 1. The monoisotopic (exact) mass is 425 g/mol. The van der Waals surface area contributed by atoms with Crippen LogP contribution in [0.5, 0.6) is 11.5 Å². The Morgan fingerprint density at radius 3 is 2.56 bits per heavy atom. The zero-order valence-corrected chi connectivity index (χ0v) is 18.4. The summed E-state index contributed by atoms with van der Waals surface area (Å²) >= 11 is 0. The van der Waals surface area contributed by atoms with Gasteiger partial charge in [0, 0.05) is 48.7 Å². The molecule has 2 aromatic carbocycles. The Balaban J connectivity index is 1.73. The van der Waals surface area contributed by atoms with Crippen LogP contribution in [-0.4, -0.2) is 24.3 Å². The van der Waals surface area contributed by atoms with Gasteiger partial charge in [-0.15, -0.1) is 0 Å². The molecule has 3 heterocycles. The molecule has 5 rings (SSSR count). The van der Waals surface area contributed by atoms with Gasteiger partial charge >= 0.3 is 0 Å². The van der Waals surface area contributed by atoms with Crippen molar-refractivity contribution in [1.82, 2.24) is 24.3 Å². The van der Waals surface area contributed by atoms with Gasteiger partial charge in [0.15, 0.2) is 5.75 Å². The van der Waals surface area contributed by atoms with Crippen LogP contribution in [0.4, 0.5) is 0 Å². The minimum Gasteiger partial charge on any atom is -0.454 e. The minimum atomic E-state index is -0.0200. The number of aromatic nitrogens is 5. The van der Waals surface area contributed by atoms with Gasteiger partial charge in [-0.1, -0.05) is 12.1 Å². The average molecular weight is 425 g/mol. The Morgan fingerprint density at radius 1 is 1.00 bits per heavy atom. The zero-order chi connectivity index (χ0) is 22.4. The third-order valence-electron chi connectivity index (χ3n) is 5.49. The topological polar surface area (TPSA) is 77.7 Å². The summed E-state index contributed by atoms with van der Waals surface area (Å²) in [6.07, 6.45) is 3.73. The molecule has 5 aromatic rings. The van der Waals surface area contributed by atoms with Crippen LogP contribution in [0.2, 0.25) is 0 Å². The number of aryl methyl sites for hydroxylation is 4. The van der Waals surface area contributed by atoms with Crippen LogP contribution in [0.15, 0.2) is 65.7 Å². The van der Waals surface area contributed by atoms with E-state index in [2.05, 4.69) is 10.1 Å². The summed E-state index contributed by atoms with van der Waals surface area (Å²) < 4.78 is 9.94. The molecule has 1 N–H and O–H groups in total. The third-order valence-corrected chi connectivity index (χ3v) is 5.49. The highest BCUT2D eigenvalue weighted by Gasteiger charge is 2.18. The Morgan fingerprint density at radius 2 is 1.81 bits per heavy atom. The molecule has 32 heavy (non-hydrogen) atoms. The summed E-state index contributed by atoms with van der Waals surface area (Å²) in [4.78, 5) is 20.2. The molecule has 0 amide bonds. The standard InChI is InChI=1S/C25H23N5O2/c1-15-13-17(14-29(3)25(15)31)18-9-10-21-23(27-16(2)26-21)24(18)32-22-8-6-5-7-19(22)20-11-12-30(4)28-20/h5-14H,1-4H3,(H,26,27). The maximum absolute atomic E-state index is 12.3. The maximum Gasteiger partial charge on any atom is 0.253 e. The number of hydrogen-bond acceptors (Lipinski definition) is 4. The lowest BCUT2D eigenvalue weighted by molar-refractivity contribution is 0.490. The van der Waals surface area contributed by atoms with Crippen LogP contribution in [0.1, 0.15) is 11.4 Å². The minimum absolute atomic E-state index is 0.0200. The lowest BCUT2D eigenvalue weighted by Gasteiger charge is -2.15. The van der Waals surface area contributed by atoms with Gasteiger partial charge in [0.2, 0.25) is 0 Å². The van der Waals surface area contributed by atoms with Gasteiger partial charge in [0.1, 0.15) is 17.1 Å². The Bertz CT molecular complexity index is 1500. The quantitative estimate of drug-likeness (QED) is 0.451. The summed E-state index contributed by atoms with van der Waals surface area (Å²) in [6, 6.07) is 15.7. The van der Waals surface area contributed by atoms with E-state index in [0.717, 1.165) is 39.2 Å². The Hall–Kier alpha value is -4.13. The number of ether oxygens (including phenoxy) is 1. The molecule has 0 spiro atoms. The number of imidazole rings is 1. The van der Waals surface area contributed by atoms with Crippen LogP contribution >= 0.6 is 0 Å². The van der Waals surface area contributed by atoms with Crippen molar-refractivity contribution in [2.75, 3.05) is 0 Å². The van der Waals surface area contributed by atoms with E-state index >= 15 is 0 Å². The number of benzene rings is 2. The number of H-pyrrole nitrogens is 1. The van der Waals surface area contributed by atoms with E-state index in [9.17, 15) is 4.79 Å². The van der Waals surface area contributed by atoms with Gasteiger partial charge in [0.25, 0.3) is 5.56 Å². The van der Waals surface area contributed by atoms with Crippen molar-refractivity contribution in [3.63, 3.8) is 0 Å². The van der Waals surface area contributed by atoms with Crippen molar-refractivity contribution in [3.8, 4) is 33.9 Å². The van der Waals surface area contributed by atoms with Gasteiger partial charge in [-0.05, 0) is 50.2 Å². The predicted molar refractivity (Wildman–Crippen MR) is 125 cm³/mol. The molecule has 3 aromatic heterocycles. The summed E-state index contributed by atoms with van der Waals surface area (Å²) in [6.45, 7) is 3.74. The third kappa shape index (κ3) is 3.37. The summed E-state index contributed by atoms with van der Waals surface area (Å²) in [5.74, 6) is 2.12. The number of para-hydroxylation sites is 1. The molecular weight excluding hydrogens is 402 g/mol. The highest BCUT2D eigenvalue weighted by atomic mass is 16.5. The molecule has 0 saturated heterocycles. The van der Waals surface area contributed by atoms with Gasteiger partial charge in [-0.2, -0.15) is 5.10 Å². The fourth-order valence-corrected chi connectivity index (χ4v) is 3.97. The van der Waals surface area contributed by atoms with Crippen LogP contribution in [0, 0.1) is 13.8 Å². The van der Waals surface area contributed by atoms with Gasteiger partial charge in [-0.3, -0.25) is 9.48 Å². The number of hydrogen-bond donors (Lipinski definition) is 1. The number of nitrogens with zero attached hydrogens (tertiary/aromatic N) is 4. The van der Waals surface area contributed by atoms with Crippen LogP contribution < -0.4 is 10.3 Å². The SMILES string of the molecule is Cc1nc2c(Oc3ccccc3-c3ccn(C)n3)c(-c3cc(C)c(=O)n(C)c3)ccc2[nH]1. The summed E-state index contributed by atoms with van der Waals surface area (Å²) in [7, 11) is 3.65. The predicted octanol–water partition coefficient (Wildman–Crippen LogP) is 4.74. The van der Waals surface area contributed by atoms with Crippen LogP contribution in [0.3, 0.4) is 0 Å². The summed E-state index contributed by atoms with van der Waals surface area (Å²) in [5.41, 5.74) is 5.74. The number of pyridine rings is 1. The average Bonchev–Trinajstić information content (AvgIpc) is 3.37. The molecule has 0 atom stereocenters. The number of fused-ring (bicyclic) bond motifs is 1. The molecule has 0 aliphatic rings. The molecule has 0 radical (unpaired) electrons. The molecule has 7 nitrogen and oxygen atoms in total. The van der Waals surface area contributed by atoms with E-state index < -0.39 is 0 Å². The normalized spacial score (nSPS) is 11.2. The lowest BCUT2D eigenvalue weighted by Crippen LogP contribution is -2.18. The smallest absolute Gasteiger partial charge is 0.253 e. The Labute approximate surface area is 184 Å². The van der Waals surface area contributed by atoms with Gasteiger partial charge < -0.3 is 14.3 Å². The second kappa shape index (κ2) is 7.53. The number of aromatic amines is 1. The first-order valence-electron chi connectivity index (χ1n) is 10.3. The zero-order valence-electron chi connectivity index (χ0n) is 18.4. The summed E-state index contributed by atoms with van der Waals surface area (Å²) in [5, 5.41) is 4.54. The molecule has 0 fully saturated rings. The van der Waals surface area contributed by atoms with E-state index in [0.29, 0.717) is 17.1 Å². The van der Waals surface area contributed by atoms with Crippen molar-refractivity contribution < 1.29 is 4.74 Å². The molecule has 0 aliphatic heterocycles. The van der Waals surface area contributed by atoms with E-state index in [1.54, 1.807) is 16.3 Å². The highest BCUT2D eigenvalue weighted by molar-refractivity contribution is 5.91. The first-order chi connectivity index (χ1) is 15.4. The second-order valence-electron chi connectivity index (χ2n) is 7.96. The van der Waals surface area contributed by atoms with E-state index in [1.807, 2.05) is 81.8 Å². The molecule has 160 valence electrons. The van der Waals surface area contributed by atoms with Crippen LogP contribution in [0.25, 0.3) is 33.4 Å². The second-order valence-corrected chi connectivity index (χ2v) is 7.96. The molecule has 0 bridgehead atoms. The first-order valence-corrected chi connectivity index (χ1v) is 10.3. The van der Waals surface area contributed by atoms with Crippen molar-refractivity contribution in [3.05, 3.63) is 82.7 Å². The highest BCUT2D eigenvalue weighted by Crippen LogP contribution is 2.41. The fourth-order valence-electron chi connectivity index (χ4n) is 3.97. The Kier molecular flexibility index (Phi) is 4.66. The lowest BCUT2D eigenvalue weighted by atomic mass is 10.0. The van der Waals surface area contributed by atoms with Crippen molar-refractivity contribution >= 4 is 11.0 Å². The van der Waals surface area contributed by atoms with Gasteiger partial charge in [-0.25, -0.2) is 4.98 Å². The van der Waals surface area contributed by atoms with E-state index in [1.165, 1.54) is 0 Å². The molecule has 0 aliphatic carbocycles. The number of rotatable bonds is 4. The van der Waals surface area contributed by atoms with E-state index in [4.69, 9.17) is 9.72 Å². The van der Waals surface area contributed by atoms with Crippen molar-refractivity contribution in [2.24, 2.45) is 14.1 Å².